The fraction of sp³-hybridized carbons (Fsp3) is 0.727. The van der Waals surface area contributed by atoms with Crippen molar-refractivity contribution < 1.29 is 9.32 Å². The molecule has 6 nitrogen and oxygen atoms in total. The van der Waals surface area contributed by atoms with Crippen LogP contribution in [0.5, 0.6) is 0 Å². The Morgan fingerprint density at radius 2 is 2.35 bits per heavy atom. The van der Waals surface area contributed by atoms with E-state index in [1.807, 2.05) is 0 Å². The third kappa shape index (κ3) is 2.63. The maximum absolute atomic E-state index is 11.7. The summed E-state index contributed by atoms with van der Waals surface area (Å²) >= 11 is 0. The zero-order chi connectivity index (χ0) is 12.4. The van der Waals surface area contributed by atoms with Crippen molar-refractivity contribution >= 4 is 5.91 Å². The van der Waals surface area contributed by atoms with Crippen LogP contribution in [0.1, 0.15) is 30.6 Å². The van der Waals surface area contributed by atoms with Crippen molar-refractivity contribution in [2.75, 3.05) is 27.2 Å². The van der Waals surface area contributed by atoms with Crippen molar-refractivity contribution in [3.8, 4) is 0 Å². The minimum absolute atomic E-state index is 0.108. The van der Waals surface area contributed by atoms with E-state index in [1.165, 1.54) is 0 Å². The van der Waals surface area contributed by atoms with E-state index < -0.39 is 0 Å². The molecule has 1 fully saturated rings. The zero-order valence-corrected chi connectivity index (χ0v) is 10.5. The molecule has 0 aromatic carbocycles. The first kappa shape index (κ1) is 12.0. The molecule has 0 N–H and O–H groups in total. The second-order valence-corrected chi connectivity index (χ2v) is 4.59. The normalized spacial score (nSPS) is 20.8. The topological polar surface area (TPSA) is 62.5 Å². The van der Waals surface area contributed by atoms with Gasteiger partial charge in [-0.1, -0.05) is 5.16 Å². The SMILES string of the molecule is Cc1nc(C2CCCN2CC(=O)N(C)C)no1. The van der Waals surface area contributed by atoms with Gasteiger partial charge in [-0.05, 0) is 19.4 Å². The number of carbonyl (C=O) groups excluding carboxylic acids is 1. The van der Waals surface area contributed by atoms with E-state index in [1.54, 1.807) is 25.9 Å². The fourth-order valence-corrected chi connectivity index (χ4v) is 2.07. The van der Waals surface area contributed by atoms with Crippen LogP contribution in [0.15, 0.2) is 4.52 Å². The highest BCUT2D eigenvalue weighted by molar-refractivity contribution is 5.77. The van der Waals surface area contributed by atoms with Crippen LogP contribution in [0, 0.1) is 6.92 Å². The predicted octanol–water partition coefficient (Wildman–Crippen LogP) is 0.603. The van der Waals surface area contributed by atoms with E-state index >= 15 is 0 Å². The summed E-state index contributed by atoms with van der Waals surface area (Å²) in [5.41, 5.74) is 0. The van der Waals surface area contributed by atoms with Gasteiger partial charge in [-0.2, -0.15) is 4.98 Å². The highest BCUT2D eigenvalue weighted by Gasteiger charge is 2.31. The van der Waals surface area contributed by atoms with Crippen molar-refractivity contribution in [2.24, 2.45) is 0 Å². The van der Waals surface area contributed by atoms with Gasteiger partial charge in [-0.15, -0.1) is 0 Å². The first-order valence-electron chi connectivity index (χ1n) is 5.82. The van der Waals surface area contributed by atoms with Crippen molar-refractivity contribution in [3.05, 3.63) is 11.7 Å². The number of aromatic nitrogens is 2. The fourth-order valence-electron chi connectivity index (χ4n) is 2.07. The van der Waals surface area contributed by atoms with Crippen LogP contribution in [0.2, 0.25) is 0 Å². The molecule has 1 aromatic rings. The van der Waals surface area contributed by atoms with E-state index in [2.05, 4.69) is 15.0 Å². The first-order chi connectivity index (χ1) is 8.08. The second kappa shape index (κ2) is 4.83. The molecule has 17 heavy (non-hydrogen) atoms. The van der Waals surface area contributed by atoms with Gasteiger partial charge in [0, 0.05) is 21.0 Å². The zero-order valence-electron chi connectivity index (χ0n) is 10.5. The smallest absolute Gasteiger partial charge is 0.236 e. The molecule has 1 amide bonds. The molecular formula is C11H18N4O2. The van der Waals surface area contributed by atoms with Gasteiger partial charge in [-0.3, -0.25) is 9.69 Å². The Morgan fingerprint density at radius 1 is 1.59 bits per heavy atom. The Balaban J connectivity index is 2.05. The van der Waals surface area contributed by atoms with Crippen LogP contribution in [0.3, 0.4) is 0 Å². The van der Waals surface area contributed by atoms with Gasteiger partial charge in [0.2, 0.25) is 11.8 Å². The van der Waals surface area contributed by atoms with E-state index in [-0.39, 0.29) is 11.9 Å². The highest BCUT2D eigenvalue weighted by atomic mass is 16.5. The van der Waals surface area contributed by atoms with Crippen molar-refractivity contribution in [1.29, 1.82) is 0 Å². The Hall–Kier alpha value is -1.43. The number of likely N-dealkylation sites (tertiary alicyclic amines) is 1. The summed E-state index contributed by atoms with van der Waals surface area (Å²) < 4.78 is 4.99. The summed E-state index contributed by atoms with van der Waals surface area (Å²) in [6.45, 7) is 3.11. The molecule has 0 aliphatic carbocycles. The highest BCUT2D eigenvalue weighted by Crippen LogP contribution is 2.29. The van der Waals surface area contributed by atoms with Crippen LogP contribution in [-0.2, 0) is 4.79 Å². The Kier molecular flexibility index (Phi) is 3.42. The minimum atomic E-state index is 0.108. The summed E-state index contributed by atoms with van der Waals surface area (Å²) in [6.07, 6.45) is 2.05. The monoisotopic (exact) mass is 238 g/mol. The van der Waals surface area contributed by atoms with Crippen LogP contribution in [-0.4, -0.2) is 53.0 Å². The van der Waals surface area contributed by atoms with Crippen molar-refractivity contribution in [2.45, 2.75) is 25.8 Å². The number of hydrogen-bond acceptors (Lipinski definition) is 5. The van der Waals surface area contributed by atoms with Gasteiger partial charge in [0.25, 0.3) is 0 Å². The molecule has 1 unspecified atom stereocenters. The van der Waals surface area contributed by atoms with Crippen LogP contribution < -0.4 is 0 Å². The summed E-state index contributed by atoms with van der Waals surface area (Å²) in [7, 11) is 3.54. The van der Waals surface area contributed by atoms with Gasteiger partial charge < -0.3 is 9.42 Å². The van der Waals surface area contributed by atoms with Crippen molar-refractivity contribution in [3.63, 3.8) is 0 Å². The quantitative estimate of drug-likeness (QED) is 0.771. The molecule has 2 heterocycles. The Labute approximate surface area is 101 Å². The molecule has 94 valence electrons. The van der Waals surface area contributed by atoms with Crippen molar-refractivity contribution in [1.82, 2.24) is 19.9 Å². The second-order valence-electron chi connectivity index (χ2n) is 4.59. The molecule has 1 aliphatic heterocycles. The standard InChI is InChI=1S/C11H18N4O2/c1-8-12-11(13-17-8)9-5-4-6-15(9)7-10(16)14(2)3/h9H,4-7H2,1-3H3. The maximum Gasteiger partial charge on any atom is 0.236 e. The molecule has 2 rings (SSSR count). The van der Waals surface area contributed by atoms with Crippen LogP contribution >= 0.6 is 0 Å². The van der Waals surface area contributed by atoms with Gasteiger partial charge in [0.05, 0.1) is 12.6 Å². The maximum atomic E-state index is 11.7. The third-order valence-electron chi connectivity index (χ3n) is 3.04. The van der Waals surface area contributed by atoms with Crippen LogP contribution in [0.4, 0.5) is 0 Å². The number of nitrogens with zero attached hydrogens (tertiary/aromatic N) is 4. The lowest BCUT2D eigenvalue weighted by atomic mass is 10.2. The van der Waals surface area contributed by atoms with Gasteiger partial charge >= 0.3 is 0 Å². The number of hydrogen-bond donors (Lipinski definition) is 0. The molecule has 1 aliphatic rings. The van der Waals surface area contributed by atoms with E-state index in [4.69, 9.17) is 4.52 Å². The lowest BCUT2D eigenvalue weighted by Crippen LogP contribution is -2.36. The lowest BCUT2D eigenvalue weighted by Gasteiger charge is -2.22. The average Bonchev–Trinajstić information content (AvgIpc) is 2.86. The summed E-state index contributed by atoms with van der Waals surface area (Å²) in [4.78, 5) is 19.7. The third-order valence-corrected chi connectivity index (χ3v) is 3.04. The van der Waals surface area contributed by atoms with Crippen LogP contribution in [0.25, 0.3) is 0 Å². The summed E-state index contributed by atoms with van der Waals surface area (Å²) in [5, 5.41) is 3.95. The number of aryl methyl sites for hydroxylation is 1. The minimum Gasteiger partial charge on any atom is -0.348 e. The van der Waals surface area contributed by atoms with E-state index in [9.17, 15) is 4.79 Å². The molecule has 0 spiro atoms. The molecule has 0 saturated carbocycles. The number of carbonyl (C=O) groups is 1. The molecule has 0 radical (unpaired) electrons. The van der Waals surface area contributed by atoms with E-state index in [0.717, 1.165) is 19.4 Å². The number of likely N-dealkylation sites (N-methyl/N-ethyl adjacent to an activating group) is 1. The summed E-state index contributed by atoms with van der Waals surface area (Å²) in [6, 6.07) is 0.122. The molecule has 1 saturated heterocycles. The number of rotatable bonds is 3. The van der Waals surface area contributed by atoms with Gasteiger partial charge in [-0.25, -0.2) is 0 Å². The predicted molar refractivity (Wildman–Crippen MR) is 61.3 cm³/mol. The number of amides is 1. The van der Waals surface area contributed by atoms with Gasteiger partial charge in [0.1, 0.15) is 0 Å². The largest absolute Gasteiger partial charge is 0.348 e. The molecule has 1 atom stereocenters. The molecule has 6 heteroatoms. The molecule has 1 aromatic heterocycles. The average molecular weight is 238 g/mol. The first-order valence-corrected chi connectivity index (χ1v) is 5.82. The molecule has 0 bridgehead atoms. The Bertz CT molecular complexity index is 402. The summed E-state index contributed by atoms with van der Waals surface area (Å²) in [5.74, 6) is 1.38. The van der Waals surface area contributed by atoms with Gasteiger partial charge in [0.15, 0.2) is 5.82 Å². The lowest BCUT2D eigenvalue weighted by molar-refractivity contribution is -0.130. The Morgan fingerprint density at radius 3 is 2.94 bits per heavy atom. The van der Waals surface area contributed by atoms with E-state index in [0.29, 0.717) is 18.3 Å². The molecular weight excluding hydrogens is 220 g/mol.